The van der Waals surface area contributed by atoms with Crippen molar-refractivity contribution in [2.75, 3.05) is 6.54 Å². The van der Waals surface area contributed by atoms with Crippen molar-refractivity contribution in [1.29, 1.82) is 0 Å². The van der Waals surface area contributed by atoms with Gasteiger partial charge in [0.2, 0.25) is 0 Å². The van der Waals surface area contributed by atoms with Gasteiger partial charge in [-0.05, 0) is 25.7 Å². The summed E-state index contributed by atoms with van der Waals surface area (Å²) in [6.07, 6.45) is 5.23. The Bertz CT molecular complexity index is 114. The highest BCUT2D eigenvalue weighted by Gasteiger charge is 2.53. The molecule has 0 saturated carbocycles. The lowest BCUT2D eigenvalue weighted by Crippen LogP contribution is -2.71. The average molecular weight is 169 g/mol. The van der Waals surface area contributed by atoms with Crippen LogP contribution in [0, 0.1) is 5.41 Å². The van der Waals surface area contributed by atoms with E-state index in [0.717, 1.165) is 0 Å². The maximum atomic E-state index is 3.65. The summed E-state index contributed by atoms with van der Waals surface area (Å²) in [7, 11) is 0. The fraction of sp³-hybridized carbons (Fsp3) is 1.00. The molecule has 12 heavy (non-hydrogen) atoms. The van der Waals surface area contributed by atoms with Gasteiger partial charge in [0.1, 0.15) is 0 Å². The van der Waals surface area contributed by atoms with E-state index >= 15 is 0 Å². The van der Waals surface area contributed by atoms with E-state index in [2.05, 4.69) is 33.0 Å². The molecule has 1 fully saturated rings. The zero-order chi connectivity index (χ0) is 9.24. The van der Waals surface area contributed by atoms with Gasteiger partial charge in [-0.2, -0.15) is 0 Å². The van der Waals surface area contributed by atoms with Crippen molar-refractivity contribution in [2.45, 2.75) is 58.9 Å². The first-order valence-corrected chi connectivity index (χ1v) is 5.45. The van der Waals surface area contributed by atoms with Gasteiger partial charge in [-0.15, -0.1) is 0 Å². The van der Waals surface area contributed by atoms with E-state index in [1.165, 1.54) is 32.2 Å². The first-order valence-electron chi connectivity index (χ1n) is 5.45. The summed E-state index contributed by atoms with van der Waals surface area (Å²) >= 11 is 0. The molecular formula is C11H23N. The number of nitrogens with one attached hydrogen (secondary N) is 1. The summed E-state index contributed by atoms with van der Waals surface area (Å²) in [5, 5.41) is 3.65. The summed E-state index contributed by atoms with van der Waals surface area (Å²) in [4.78, 5) is 0. The molecule has 0 aromatic heterocycles. The molecule has 0 spiro atoms. The number of rotatable bonds is 4. The molecule has 0 aliphatic carbocycles. The maximum Gasteiger partial charge on any atom is 0.0244 e. The fourth-order valence-corrected chi connectivity index (χ4v) is 3.02. The molecule has 0 radical (unpaired) electrons. The highest BCUT2D eigenvalue weighted by molar-refractivity contribution is 5.11. The molecule has 1 aliphatic heterocycles. The van der Waals surface area contributed by atoms with Gasteiger partial charge >= 0.3 is 0 Å². The zero-order valence-electron chi connectivity index (χ0n) is 9.04. The molecule has 0 aromatic carbocycles. The van der Waals surface area contributed by atoms with Crippen LogP contribution < -0.4 is 5.32 Å². The van der Waals surface area contributed by atoms with Gasteiger partial charge in [-0.25, -0.2) is 0 Å². The van der Waals surface area contributed by atoms with E-state index in [0.29, 0.717) is 11.0 Å². The second-order valence-electron chi connectivity index (χ2n) is 4.13. The second-order valence-corrected chi connectivity index (χ2v) is 4.13. The molecule has 1 heteroatoms. The molecule has 0 unspecified atom stereocenters. The molecule has 0 atom stereocenters. The van der Waals surface area contributed by atoms with Crippen molar-refractivity contribution in [3.63, 3.8) is 0 Å². The molecule has 72 valence electrons. The monoisotopic (exact) mass is 169 g/mol. The van der Waals surface area contributed by atoms with Gasteiger partial charge in [0.25, 0.3) is 0 Å². The Balaban J connectivity index is 2.77. The maximum absolute atomic E-state index is 3.65. The van der Waals surface area contributed by atoms with Crippen LogP contribution in [0.2, 0.25) is 0 Å². The van der Waals surface area contributed by atoms with Crippen molar-refractivity contribution in [1.82, 2.24) is 5.32 Å². The predicted octanol–water partition coefficient (Wildman–Crippen LogP) is 2.95. The lowest BCUT2D eigenvalue weighted by atomic mass is 9.57. The van der Waals surface area contributed by atoms with Crippen LogP contribution in [0.1, 0.15) is 53.4 Å². The molecule has 1 aliphatic rings. The largest absolute Gasteiger partial charge is 0.310 e. The van der Waals surface area contributed by atoms with Crippen LogP contribution in [0.25, 0.3) is 0 Å². The van der Waals surface area contributed by atoms with Crippen molar-refractivity contribution < 1.29 is 0 Å². The second kappa shape index (κ2) is 3.37. The third-order valence-electron chi connectivity index (χ3n) is 4.34. The Morgan fingerprint density at radius 3 is 1.50 bits per heavy atom. The minimum atomic E-state index is 0.469. The van der Waals surface area contributed by atoms with E-state index < -0.39 is 0 Å². The lowest BCUT2D eigenvalue weighted by molar-refractivity contribution is -0.0324. The number of hydrogen-bond acceptors (Lipinski definition) is 1. The Hall–Kier alpha value is -0.0400. The van der Waals surface area contributed by atoms with Gasteiger partial charge in [0, 0.05) is 17.5 Å². The van der Waals surface area contributed by atoms with Gasteiger partial charge in [0.15, 0.2) is 0 Å². The van der Waals surface area contributed by atoms with E-state index in [-0.39, 0.29) is 0 Å². The van der Waals surface area contributed by atoms with Crippen molar-refractivity contribution >= 4 is 0 Å². The van der Waals surface area contributed by atoms with E-state index in [1.807, 2.05) is 0 Å². The standard InChI is InChI=1S/C11H23N/c1-5-10(6-2)9-12-11(10,7-3)8-4/h12H,5-9H2,1-4H3. The summed E-state index contributed by atoms with van der Waals surface area (Å²) in [6, 6.07) is 0. The summed E-state index contributed by atoms with van der Waals surface area (Å²) < 4.78 is 0. The zero-order valence-corrected chi connectivity index (χ0v) is 9.04. The molecular weight excluding hydrogens is 146 g/mol. The predicted molar refractivity (Wildman–Crippen MR) is 54.3 cm³/mol. The van der Waals surface area contributed by atoms with Gasteiger partial charge < -0.3 is 5.32 Å². The van der Waals surface area contributed by atoms with E-state index in [9.17, 15) is 0 Å². The van der Waals surface area contributed by atoms with Crippen molar-refractivity contribution in [3.05, 3.63) is 0 Å². The van der Waals surface area contributed by atoms with Crippen molar-refractivity contribution in [2.24, 2.45) is 5.41 Å². The first-order chi connectivity index (χ1) is 5.70. The van der Waals surface area contributed by atoms with Crippen LogP contribution in [0.3, 0.4) is 0 Å². The molecule has 1 N–H and O–H groups in total. The lowest BCUT2D eigenvalue weighted by Gasteiger charge is -2.60. The quantitative estimate of drug-likeness (QED) is 0.682. The van der Waals surface area contributed by atoms with Crippen molar-refractivity contribution in [3.8, 4) is 0 Å². The minimum Gasteiger partial charge on any atom is -0.310 e. The van der Waals surface area contributed by atoms with Crippen LogP contribution >= 0.6 is 0 Å². The topological polar surface area (TPSA) is 12.0 Å². The summed E-state index contributed by atoms with van der Waals surface area (Å²) in [5.74, 6) is 0. The Morgan fingerprint density at radius 2 is 1.42 bits per heavy atom. The highest BCUT2D eigenvalue weighted by atomic mass is 15.1. The van der Waals surface area contributed by atoms with Crippen LogP contribution in [0.4, 0.5) is 0 Å². The first kappa shape index (κ1) is 10.0. The highest BCUT2D eigenvalue weighted by Crippen LogP contribution is 2.48. The van der Waals surface area contributed by atoms with E-state index in [4.69, 9.17) is 0 Å². The third-order valence-corrected chi connectivity index (χ3v) is 4.34. The van der Waals surface area contributed by atoms with Crippen LogP contribution in [-0.4, -0.2) is 12.1 Å². The molecule has 1 saturated heterocycles. The molecule has 0 aromatic rings. The minimum absolute atomic E-state index is 0.469. The molecule has 1 heterocycles. The molecule has 1 rings (SSSR count). The molecule has 1 nitrogen and oxygen atoms in total. The van der Waals surface area contributed by atoms with E-state index in [1.54, 1.807) is 0 Å². The fourth-order valence-electron chi connectivity index (χ4n) is 3.02. The summed E-state index contributed by atoms with van der Waals surface area (Å²) in [5.41, 5.74) is 1.08. The summed E-state index contributed by atoms with van der Waals surface area (Å²) in [6.45, 7) is 10.5. The number of hydrogen-bond donors (Lipinski definition) is 1. The Kier molecular flexibility index (Phi) is 2.82. The normalized spacial score (nSPS) is 25.0. The SMILES string of the molecule is CCC1(CC)CNC1(CC)CC. The smallest absolute Gasteiger partial charge is 0.0244 e. The average Bonchev–Trinajstić information content (AvgIpc) is 2.08. The Labute approximate surface area is 76.9 Å². The molecule has 0 amide bonds. The van der Waals surface area contributed by atoms with Crippen LogP contribution in [0.5, 0.6) is 0 Å². The third kappa shape index (κ3) is 1.02. The Morgan fingerprint density at radius 1 is 0.917 bits per heavy atom. The van der Waals surface area contributed by atoms with Gasteiger partial charge in [-0.1, -0.05) is 27.7 Å². The molecule has 0 bridgehead atoms. The van der Waals surface area contributed by atoms with Gasteiger partial charge in [-0.3, -0.25) is 0 Å². The van der Waals surface area contributed by atoms with Crippen LogP contribution in [-0.2, 0) is 0 Å². The van der Waals surface area contributed by atoms with Crippen LogP contribution in [0.15, 0.2) is 0 Å². The van der Waals surface area contributed by atoms with Gasteiger partial charge in [0.05, 0.1) is 0 Å².